The molecule has 0 spiro atoms. The number of carbonyl (C=O) groups excluding carboxylic acids is 1. The molecular formula is C14H17N3O2S. The minimum atomic E-state index is -0.249. The van der Waals surface area contributed by atoms with Gasteiger partial charge in [0.15, 0.2) is 5.16 Å². The number of aromatic nitrogens is 2. The van der Waals surface area contributed by atoms with Crippen LogP contribution in [0.5, 0.6) is 5.75 Å². The third kappa shape index (κ3) is 3.33. The molecule has 0 aliphatic heterocycles. The monoisotopic (exact) mass is 291 g/mol. The number of nitrogens with zero attached hydrogens (tertiary/aromatic N) is 2. The lowest BCUT2D eigenvalue weighted by atomic mass is 10.3. The third-order valence-electron chi connectivity index (χ3n) is 2.79. The molecule has 2 aromatic rings. The Labute approximate surface area is 122 Å². The van der Waals surface area contributed by atoms with Crippen LogP contribution in [0, 0.1) is 0 Å². The molecule has 0 aliphatic carbocycles. The van der Waals surface area contributed by atoms with Crippen molar-refractivity contribution >= 4 is 23.4 Å². The van der Waals surface area contributed by atoms with Crippen LogP contribution < -0.4 is 10.1 Å². The van der Waals surface area contributed by atoms with Crippen LogP contribution in [0.1, 0.15) is 6.92 Å². The van der Waals surface area contributed by atoms with E-state index in [1.54, 1.807) is 13.3 Å². The number of nitrogens with one attached hydrogen (secondary N) is 1. The van der Waals surface area contributed by atoms with Crippen molar-refractivity contribution in [1.29, 1.82) is 0 Å². The van der Waals surface area contributed by atoms with E-state index in [2.05, 4.69) is 10.3 Å². The van der Waals surface area contributed by atoms with Gasteiger partial charge in [0.2, 0.25) is 5.91 Å². The number of para-hydroxylation sites is 2. The van der Waals surface area contributed by atoms with Gasteiger partial charge >= 0.3 is 0 Å². The molecule has 0 saturated carbocycles. The van der Waals surface area contributed by atoms with E-state index in [0.717, 1.165) is 5.16 Å². The lowest BCUT2D eigenvalue weighted by Gasteiger charge is -2.13. The molecule has 1 N–H and O–H groups in total. The highest BCUT2D eigenvalue weighted by molar-refractivity contribution is 8.00. The van der Waals surface area contributed by atoms with Crippen LogP contribution in [-0.4, -0.2) is 27.8 Å². The van der Waals surface area contributed by atoms with Gasteiger partial charge < -0.3 is 14.6 Å². The molecular weight excluding hydrogens is 274 g/mol. The third-order valence-corrected chi connectivity index (χ3v) is 3.97. The highest BCUT2D eigenvalue weighted by Crippen LogP contribution is 2.26. The molecule has 1 heterocycles. The summed E-state index contributed by atoms with van der Waals surface area (Å²) in [6.45, 7) is 1.85. The minimum absolute atomic E-state index is 0.0810. The number of hydrogen-bond donors (Lipinski definition) is 1. The summed E-state index contributed by atoms with van der Waals surface area (Å²) >= 11 is 1.42. The maximum Gasteiger partial charge on any atom is 0.237 e. The van der Waals surface area contributed by atoms with Crippen molar-refractivity contribution < 1.29 is 9.53 Å². The summed E-state index contributed by atoms with van der Waals surface area (Å²) in [4.78, 5) is 16.4. The van der Waals surface area contributed by atoms with Gasteiger partial charge in [-0.25, -0.2) is 4.98 Å². The Morgan fingerprint density at radius 2 is 2.20 bits per heavy atom. The van der Waals surface area contributed by atoms with Crippen molar-refractivity contribution in [1.82, 2.24) is 9.55 Å². The number of carbonyl (C=O) groups is 1. The van der Waals surface area contributed by atoms with E-state index >= 15 is 0 Å². The Hall–Kier alpha value is -1.95. The first kappa shape index (κ1) is 14.5. The van der Waals surface area contributed by atoms with Crippen LogP contribution in [0.2, 0.25) is 0 Å². The van der Waals surface area contributed by atoms with E-state index in [1.165, 1.54) is 11.8 Å². The molecule has 0 fully saturated rings. The lowest BCUT2D eigenvalue weighted by molar-refractivity contribution is -0.115. The zero-order chi connectivity index (χ0) is 14.5. The first-order chi connectivity index (χ1) is 9.61. The van der Waals surface area contributed by atoms with E-state index in [4.69, 9.17) is 4.74 Å². The van der Waals surface area contributed by atoms with Gasteiger partial charge in [0, 0.05) is 19.4 Å². The number of ether oxygens (including phenoxy) is 1. The summed E-state index contributed by atoms with van der Waals surface area (Å²) in [6.07, 6.45) is 3.57. The van der Waals surface area contributed by atoms with Gasteiger partial charge in [-0.2, -0.15) is 0 Å². The van der Waals surface area contributed by atoms with Gasteiger partial charge in [0.05, 0.1) is 18.0 Å². The highest BCUT2D eigenvalue weighted by atomic mass is 32.2. The molecule has 1 aromatic heterocycles. The zero-order valence-electron chi connectivity index (χ0n) is 11.7. The predicted octanol–water partition coefficient (Wildman–Crippen LogP) is 2.55. The van der Waals surface area contributed by atoms with E-state index in [1.807, 2.05) is 49.0 Å². The van der Waals surface area contributed by atoms with Crippen LogP contribution in [0.3, 0.4) is 0 Å². The van der Waals surface area contributed by atoms with E-state index in [0.29, 0.717) is 11.4 Å². The van der Waals surface area contributed by atoms with Gasteiger partial charge in [-0.15, -0.1) is 0 Å². The van der Waals surface area contributed by atoms with E-state index in [9.17, 15) is 4.79 Å². The van der Waals surface area contributed by atoms with Crippen LogP contribution in [0.25, 0.3) is 0 Å². The Morgan fingerprint density at radius 1 is 1.45 bits per heavy atom. The molecule has 1 amide bonds. The number of thioether (sulfide) groups is 1. The summed E-state index contributed by atoms with van der Waals surface area (Å²) in [7, 11) is 3.48. The number of imidazole rings is 1. The smallest absolute Gasteiger partial charge is 0.237 e. The van der Waals surface area contributed by atoms with Crippen molar-refractivity contribution in [3.63, 3.8) is 0 Å². The molecule has 6 heteroatoms. The summed E-state index contributed by atoms with van der Waals surface area (Å²) < 4.78 is 7.10. The topological polar surface area (TPSA) is 56.1 Å². The lowest BCUT2D eigenvalue weighted by Crippen LogP contribution is -2.23. The standard InChI is InChI=1S/C14H17N3O2S/c1-10(20-14-15-8-9-17(14)2)13(18)16-11-6-4-5-7-12(11)19-3/h4-10H,1-3H3,(H,16,18)/t10-/m1/s1. The molecule has 0 unspecified atom stereocenters. The Kier molecular flexibility index (Phi) is 4.68. The summed E-state index contributed by atoms with van der Waals surface area (Å²) in [5.74, 6) is 0.567. The van der Waals surface area contributed by atoms with Gasteiger partial charge in [-0.1, -0.05) is 23.9 Å². The first-order valence-electron chi connectivity index (χ1n) is 6.19. The molecule has 0 saturated heterocycles. The van der Waals surface area contributed by atoms with Gasteiger partial charge in [0.1, 0.15) is 5.75 Å². The fourth-order valence-electron chi connectivity index (χ4n) is 1.66. The van der Waals surface area contributed by atoms with Crippen molar-refractivity contribution in [3.8, 4) is 5.75 Å². The van der Waals surface area contributed by atoms with Gasteiger partial charge in [0.25, 0.3) is 0 Å². The molecule has 0 aliphatic rings. The predicted molar refractivity (Wildman–Crippen MR) is 80.2 cm³/mol. The average Bonchev–Trinajstić information content (AvgIpc) is 2.84. The summed E-state index contributed by atoms with van der Waals surface area (Å²) in [5.41, 5.74) is 0.673. The van der Waals surface area contributed by atoms with Crippen molar-refractivity contribution in [2.75, 3.05) is 12.4 Å². The molecule has 1 atom stereocenters. The van der Waals surface area contributed by atoms with Crippen LogP contribution in [0.15, 0.2) is 41.8 Å². The number of hydrogen-bond acceptors (Lipinski definition) is 4. The number of benzene rings is 1. The second-order valence-electron chi connectivity index (χ2n) is 4.27. The van der Waals surface area contributed by atoms with Crippen molar-refractivity contribution in [2.24, 2.45) is 7.05 Å². The van der Waals surface area contributed by atoms with Gasteiger partial charge in [-0.05, 0) is 19.1 Å². The fraction of sp³-hybridized carbons (Fsp3) is 0.286. The molecule has 1 aromatic carbocycles. The number of anilines is 1. The highest BCUT2D eigenvalue weighted by Gasteiger charge is 2.17. The minimum Gasteiger partial charge on any atom is -0.495 e. The maximum absolute atomic E-state index is 12.2. The van der Waals surface area contributed by atoms with Crippen LogP contribution in [-0.2, 0) is 11.8 Å². The number of aryl methyl sites for hydroxylation is 1. The zero-order valence-corrected chi connectivity index (χ0v) is 12.5. The van der Waals surface area contributed by atoms with Gasteiger partial charge in [-0.3, -0.25) is 4.79 Å². The number of methoxy groups -OCH3 is 1. The maximum atomic E-state index is 12.2. The average molecular weight is 291 g/mol. The van der Waals surface area contributed by atoms with E-state index < -0.39 is 0 Å². The van der Waals surface area contributed by atoms with Crippen molar-refractivity contribution in [3.05, 3.63) is 36.7 Å². The Balaban J connectivity index is 2.02. The second-order valence-corrected chi connectivity index (χ2v) is 5.58. The van der Waals surface area contributed by atoms with Crippen LogP contribution >= 0.6 is 11.8 Å². The Morgan fingerprint density at radius 3 is 2.85 bits per heavy atom. The molecule has 0 bridgehead atoms. The first-order valence-corrected chi connectivity index (χ1v) is 7.07. The molecule has 20 heavy (non-hydrogen) atoms. The molecule has 5 nitrogen and oxygen atoms in total. The van der Waals surface area contributed by atoms with E-state index in [-0.39, 0.29) is 11.2 Å². The number of rotatable bonds is 5. The molecule has 0 radical (unpaired) electrons. The quantitative estimate of drug-likeness (QED) is 0.860. The van der Waals surface area contributed by atoms with Crippen molar-refractivity contribution in [2.45, 2.75) is 17.3 Å². The summed E-state index contributed by atoms with van der Waals surface area (Å²) in [6, 6.07) is 7.34. The normalized spacial score (nSPS) is 11.9. The second kappa shape index (κ2) is 6.47. The van der Waals surface area contributed by atoms with Crippen LogP contribution in [0.4, 0.5) is 5.69 Å². The molecule has 106 valence electrons. The Bertz CT molecular complexity index is 598. The largest absolute Gasteiger partial charge is 0.495 e. The fourth-order valence-corrected chi connectivity index (χ4v) is 2.49. The number of amides is 1. The molecule has 2 rings (SSSR count). The SMILES string of the molecule is COc1ccccc1NC(=O)[C@@H](C)Sc1nccn1C. The summed E-state index contributed by atoms with van der Waals surface area (Å²) in [5, 5.41) is 3.43.